The van der Waals surface area contributed by atoms with Crippen LogP contribution in [0.1, 0.15) is 16.6 Å². The lowest BCUT2D eigenvalue weighted by atomic mass is 10.1. The largest absolute Gasteiger partial charge is 0.454 e. The van der Waals surface area contributed by atoms with Crippen molar-refractivity contribution >= 4 is 11.6 Å². The maximum absolute atomic E-state index is 6.41. The van der Waals surface area contributed by atoms with Crippen LogP contribution in [0.15, 0.2) is 42.6 Å². The highest BCUT2D eigenvalue weighted by Gasteiger charge is 2.17. The Kier molecular flexibility index (Phi) is 3.07. The third-order valence-corrected chi connectivity index (χ3v) is 3.28. The number of nitrogens with zero attached hydrogens (tertiary/aromatic N) is 1. The van der Waals surface area contributed by atoms with Crippen molar-refractivity contribution in [2.75, 3.05) is 6.79 Å². The molecular formula is C14H12ClNO2. The number of hydrogen-bond donors (Lipinski definition) is 0. The van der Waals surface area contributed by atoms with Gasteiger partial charge >= 0.3 is 0 Å². The maximum Gasteiger partial charge on any atom is 0.231 e. The van der Waals surface area contributed by atoms with Crippen molar-refractivity contribution in [3.63, 3.8) is 0 Å². The molecule has 1 aliphatic rings. The number of ether oxygens (including phenoxy) is 2. The number of hydrogen-bond acceptors (Lipinski definition) is 3. The highest BCUT2D eigenvalue weighted by atomic mass is 35.5. The van der Waals surface area contributed by atoms with Crippen molar-refractivity contribution in [2.45, 2.75) is 11.8 Å². The minimum absolute atomic E-state index is 0.116. The van der Waals surface area contributed by atoms with Crippen molar-refractivity contribution in [1.29, 1.82) is 0 Å². The molecule has 0 N–H and O–H groups in total. The molecule has 0 saturated heterocycles. The monoisotopic (exact) mass is 261 g/mol. The molecule has 1 aromatic heterocycles. The first kappa shape index (κ1) is 11.4. The normalized spacial score (nSPS) is 14.5. The van der Waals surface area contributed by atoms with E-state index in [1.165, 1.54) is 0 Å². The molecule has 0 radical (unpaired) electrons. The summed E-state index contributed by atoms with van der Waals surface area (Å²) in [7, 11) is 0. The van der Waals surface area contributed by atoms with Gasteiger partial charge in [0, 0.05) is 18.3 Å². The molecule has 0 fully saturated rings. The van der Waals surface area contributed by atoms with E-state index in [9.17, 15) is 0 Å². The predicted octanol–water partition coefficient (Wildman–Crippen LogP) is 3.33. The molecular weight excluding hydrogens is 250 g/mol. The molecule has 2 heterocycles. The molecule has 3 rings (SSSR count). The second-order valence-corrected chi connectivity index (χ2v) is 4.63. The zero-order valence-corrected chi connectivity index (χ0v) is 10.4. The molecule has 1 atom stereocenters. The third kappa shape index (κ3) is 2.27. The van der Waals surface area contributed by atoms with Gasteiger partial charge in [0.05, 0.1) is 5.38 Å². The van der Waals surface area contributed by atoms with Crippen LogP contribution in [-0.2, 0) is 6.42 Å². The van der Waals surface area contributed by atoms with Crippen molar-refractivity contribution in [1.82, 2.24) is 4.98 Å². The van der Waals surface area contributed by atoms with E-state index in [0.29, 0.717) is 6.42 Å². The van der Waals surface area contributed by atoms with Crippen LogP contribution >= 0.6 is 11.6 Å². The van der Waals surface area contributed by atoms with Crippen LogP contribution in [0.25, 0.3) is 0 Å². The first-order chi connectivity index (χ1) is 8.83. The predicted molar refractivity (Wildman–Crippen MR) is 69.1 cm³/mol. The second-order valence-electron chi connectivity index (χ2n) is 4.11. The van der Waals surface area contributed by atoms with Gasteiger partial charge in [-0.25, -0.2) is 0 Å². The summed E-state index contributed by atoms with van der Waals surface area (Å²) in [5.74, 6) is 1.54. The van der Waals surface area contributed by atoms with E-state index in [4.69, 9.17) is 21.1 Å². The number of benzene rings is 1. The number of pyridine rings is 1. The molecule has 3 nitrogen and oxygen atoms in total. The zero-order chi connectivity index (χ0) is 12.4. The van der Waals surface area contributed by atoms with Gasteiger partial charge in [-0.1, -0.05) is 12.1 Å². The van der Waals surface area contributed by atoms with Gasteiger partial charge in [0.15, 0.2) is 11.5 Å². The lowest BCUT2D eigenvalue weighted by molar-refractivity contribution is 0.174. The minimum Gasteiger partial charge on any atom is -0.454 e. The van der Waals surface area contributed by atoms with E-state index in [1.54, 1.807) is 6.20 Å². The van der Waals surface area contributed by atoms with Gasteiger partial charge in [-0.3, -0.25) is 4.98 Å². The first-order valence-corrected chi connectivity index (χ1v) is 6.20. The number of halogens is 1. The highest BCUT2D eigenvalue weighted by Crippen LogP contribution is 2.36. The quantitative estimate of drug-likeness (QED) is 0.794. The van der Waals surface area contributed by atoms with E-state index < -0.39 is 0 Å². The lowest BCUT2D eigenvalue weighted by Crippen LogP contribution is -1.97. The van der Waals surface area contributed by atoms with Crippen molar-refractivity contribution in [3.8, 4) is 11.5 Å². The van der Waals surface area contributed by atoms with Gasteiger partial charge in [-0.15, -0.1) is 11.6 Å². The van der Waals surface area contributed by atoms with Crippen LogP contribution in [-0.4, -0.2) is 11.8 Å². The molecule has 2 aromatic rings. The molecule has 18 heavy (non-hydrogen) atoms. The Morgan fingerprint density at radius 1 is 1.17 bits per heavy atom. The van der Waals surface area contributed by atoms with Gasteiger partial charge < -0.3 is 9.47 Å². The molecule has 0 aliphatic carbocycles. The smallest absolute Gasteiger partial charge is 0.231 e. The van der Waals surface area contributed by atoms with Crippen molar-refractivity contribution in [3.05, 3.63) is 53.9 Å². The number of alkyl halides is 1. The van der Waals surface area contributed by atoms with Crippen LogP contribution in [0.5, 0.6) is 11.5 Å². The molecule has 1 unspecified atom stereocenters. The van der Waals surface area contributed by atoms with Crippen LogP contribution in [0.3, 0.4) is 0 Å². The Hall–Kier alpha value is -1.74. The first-order valence-electron chi connectivity index (χ1n) is 5.76. The summed E-state index contributed by atoms with van der Waals surface area (Å²) >= 11 is 6.41. The summed E-state index contributed by atoms with van der Waals surface area (Å²) < 4.78 is 10.6. The number of fused-ring (bicyclic) bond motifs is 1. The lowest BCUT2D eigenvalue weighted by Gasteiger charge is -2.10. The van der Waals surface area contributed by atoms with Crippen molar-refractivity contribution in [2.24, 2.45) is 0 Å². The van der Waals surface area contributed by atoms with Gasteiger partial charge in [-0.2, -0.15) is 0 Å². The highest BCUT2D eigenvalue weighted by molar-refractivity contribution is 6.20. The average Bonchev–Trinajstić information content (AvgIpc) is 2.87. The molecule has 4 heteroatoms. The fourth-order valence-electron chi connectivity index (χ4n) is 1.93. The van der Waals surface area contributed by atoms with E-state index >= 15 is 0 Å². The summed E-state index contributed by atoms with van der Waals surface area (Å²) in [5.41, 5.74) is 2.00. The molecule has 0 amide bonds. The SMILES string of the molecule is ClC(Cc1ccccn1)c1ccc2c(c1)OCO2. The molecule has 1 aromatic carbocycles. The Morgan fingerprint density at radius 3 is 2.89 bits per heavy atom. The van der Waals surface area contributed by atoms with E-state index in [0.717, 1.165) is 22.8 Å². The summed E-state index contributed by atoms with van der Waals surface area (Å²) in [6, 6.07) is 11.6. The topological polar surface area (TPSA) is 31.4 Å². The maximum atomic E-state index is 6.41. The third-order valence-electron chi connectivity index (χ3n) is 2.87. The van der Waals surface area contributed by atoms with E-state index in [2.05, 4.69) is 4.98 Å². The summed E-state index contributed by atoms with van der Waals surface area (Å²) in [4.78, 5) is 4.28. The van der Waals surface area contributed by atoms with E-state index in [1.807, 2.05) is 36.4 Å². The van der Waals surface area contributed by atoms with Gasteiger partial charge in [0.25, 0.3) is 0 Å². The van der Waals surface area contributed by atoms with Crippen molar-refractivity contribution < 1.29 is 9.47 Å². The van der Waals surface area contributed by atoms with Gasteiger partial charge in [-0.05, 0) is 29.8 Å². The molecule has 1 aliphatic heterocycles. The van der Waals surface area contributed by atoms with Gasteiger partial charge in [0.2, 0.25) is 6.79 Å². The molecule has 0 saturated carbocycles. The van der Waals surface area contributed by atoms with Crippen LogP contribution in [0, 0.1) is 0 Å². The number of rotatable bonds is 3. The fraction of sp³-hybridized carbons (Fsp3) is 0.214. The average molecular weight is 262 g/mol. The number of aromatic nitrogens is 1. The fourth-order valence-corrected chi connectivity index (χ4v) is 2.22. The Labute approximate surface area is 110 Å². The summed E-state index contributed by atoms with van der Waals surface area (Å²) in [6.45, 7) is 0.284. The summed E-state index contributed by atoms with van der Waals surface area (Å²) in [6.07, 6.45) is 2.47. The molecule has 0 spiro atoms. The van der Waals surface area contributed by atoms with Gasteiger partial charge in [0.1, 0.15) is 0 Å². The Balaban J connectivity index is 1.78. The Bertz CT molecular complexity index is 545. The molecule has 92 valence electrons. The summed E-state index contributed by atoms with van der Waals surface area (Å²) in [5, 5.41) is -0.116. The Morgan fingerprint density at radius 2 is 2.06 bits per heavy atom. The zero-order valence-electron chi connectivity index (χ0n) is 9.67. The minimum atomic E-state index is -0.116. The van der Waals surface area contributed by atoms with E-state index in [-0.39, 0.29) is 12.2 Å². The molecule has 0 bridgehead atoms. The van der Waals surface area contributed by atoms with Crippen LogP contribution in [0.4, 0.5) is 0 Å². The second kappa shape index (κ2) is 4.86. The van der Waals surface area contributed by atoms with Crippen LogP contribution in [0.2, 0.25) is 0 Å². The van der Waals surface area contributed by atoms with Crippen LogP contribution < -0.4 is 9.47 Å². The standard InChI is InChI=1S/C14H12ClNO2/c15-12(8-11-3-1-2-6-16-11)10-4-5-13-14(7-10)18-9-17-13/h1-7,12H,8-9H2.